The summed E-state index contributed by atoms with van der Waals surface area (Å²) in [4.78, 5) is 24.8. The summed E-state index contributed by atoms with van der Waals surface area (Å²) in [6, 6.07) is 3.34. The van der Waals surface area contributed by atoms with Crippen molar-refractivity contribution >= 4 is 17.6 Å². The largest absolute Gasteiger partial charge is 0.416 e. The number of carbonyl (C=O) groups is 2. The molecule has 1 aromatic carbocycles. The number of anilines is 1. The van der Waals surface area contributed by atoms with E-state index in [-0.39, 0.29) is 11.6 Å². The fourth-order valence-corrected chi connectivity index (χ4v) is 1.96. The van der Waals surface area contributed by atoms with Crippen molar-refractivity contribution in [3.63, 3.8) is 0 Å². The fraction of sp³-hybridized carbons (Fsp3) is 0.385. The third-order valence-corrected chi connectivity index (χ3v) is 3.15. The first-order valence-electron chi connectivity index (χ1n) is 6.10. The molecule has 0 saturated carbocycles. The predicted molar refractivity (Wildman–Crippen MR) is 66.1 cm³/mol. The van der Waals surface area contributed by atoms with Gasteiger partial charge in [0.1, 0.15) is 0 Å². The number of imide groups is 1. The second-order valence-electron chi connectivity index (χ2n) is 4.64. The number of halogens is 3. The maximum Gasteiger partial charge on any atom is 0.416 e. The van der Waals surface area contributed by atoms with Gasteiger partial charge >= 0.3 is 12.2 Å². The van der Waals surface area contributed by atoms with E-state index in [1.807, 2.05) is 0 Å². The van der Waals surface area contributed by atoms with Gasteiger partial charge in [0.15, 0.2) is 0 Å². The first-order valence-corrected chi connectivity index (χ1v) is 6.10. The van der Waals surface area contributed by atoms with Gasteiger partial charge in [-0.15, -0.1) is 0 Å². The van der Waals surface area contributed by atoms with Gasteiger partial charge in [-0.2, -0.15) is 13.2 Å². The van der Waals surface area contributed by atoms with Crippen LogP contribution in [0.25, 0.3) is 0 Å². The molecule has 1 aromatic rings. The number of hydrogen-bond acceptors (Lipinski definition) is 2. The molecule has 1 unspecified atom stereocenters. The van der Waals surface area contributed by atoms with Crippen LogP contribution in [0.4, 0.5) is 23.7 Å². The smallest absolute Gasteiger partial charge is 0.337 e. The Labute approximate surface area is 113 Å². The highest BCUT2D eigenvalue weighted by Gasteiger charge is 2.33. The number of urea groups is 1. The lowest BCUT2D eigenvalue weighted by molar-refractivity contribution is -0.137. The van der Waals surface area contributed by atoms with Gasteiger partial charge in [0.2, 0.25) is 5.91 Å². The number of benzene rings is 1. The van der Waals surface area contributed by atoms with Crippen LogP contribution in [0.1, 0.15) is 18.9 Å². The minimum Gasteiger partial charge on any atom is -0.337 e. The highest BCUT2D eigenvalue weighted by Crippen LogP contribution is 2.31. The van der Waals surface area contributed by atoms with Crippen molar-refractivity contribution in [2.75, 3.05) is 11.4 Å². The van der Waals surface area contributed by atoms with Gasteiger partial charge in [-0.05, 0) is 30.7 Å². The number of amides is 3. The SMILES string of the molecule is CC1CCNC(=O)N(c2ccc(C(F)(F)F)cc2)C1=O. The molecular weight excluding hydrogens is 273 g/mol. The Morgan fingerprint density at radius 2 is 1.80 bits per heavy atom. The minimum atomic E-state index is -4.45. The van der Waals surface area contributed by atoms with Crippen molar-refractivity contribution in [2.45, 2.75) is 19.5 Å². The van der Waals surface area contributed by atoms with Crippen molar-refractivity contribution < 1.29 is 22.8 Å². The molecule has 1 aliphatic heterocycles. The summed E-state index contributed by atoms with van der Waals surface area (Å²) in [7, 11) is 0. The zero-order valence-corrected chi connectivity index (χ0v) is 10.7. The number of rotatable bonds is 1. The van der Waals surface area contributed by atoms with Gasteiger partial charge in [-0.3, -0.25) is 4.79 Å². The second kappa shape index (κ2) is 5.15. The topological polar surface area (TPSA) is 49.4 Å². The Morgan fingerprint density at radius 3 is 2.35 bits per heavy atom. The van der Waals surface area contributed by atoms with Crippen LogP contribution in [0.15, 0.2) is 24.3 Å². The van der Waals surface area contributed by atoms with Crippen molar-refractivity contribution in [1.29, 1.82) is 0 Å². The predicted octanol–water partition coefficient (Wildman–Crippen LogP) is 2.79. The van der Waals surface area contributed by atoms with Crippen molar-refractivity contribution in [2.24, 2.45) is 5.92 Å². The third kappa shape index (κ3) is 2.76. The van der Waals surface area contributed by atoms with Crippen LogP contribution in [-0.2, 0) is 11.0 Å². The monoisotopic (exact) mass is 286 g/mol. The van der Waals surface area contributed by atoms with Gasteiger partial charge in [0.25, 0.3) is 0 Å². The number of alkyl halides is 3. The summed E-state index contributed by atoms with van der Waals surface area (Å²) in [5.41, 5.74) is -0.689. The van der Waals surface area contributed by atoms with Gasteiger partial charge < -0.3 is 5.32 Å². The second-order valence-corrected chi connectivity index (χ2v) is 4.64. The molecule has 1 saturated heterocycles. The van der Waals surface area contributed by atoms with Crippen molar-refractivity contribution in [1.82, 2.24) is 5.32 Å². The summed E-state index contributed by atoms with van der Waals surface area (Å²) in [6.07, 6.45) is -3.95. The quantitative estimate of drug-likeness (QED) is 0.863. The molecule has 1 aliphatic rings. The summed E-state index contributed by atoms with van der Waals surface area (Å²) in [5, 5.41) is 2.54. The van der Waals surface area contributed by atoms with E-state index in [1.165, 1.54) is 0 Å². The van der Waals surface area contributed by atoms with E-state index in [0.29, 0.717) is 13.0 Å². The number of nitrogens with zero attached hydrogens (tertiary/aromatic N) is 1. The zero-order valence-electron chi connectivity index (χ0n) is 10.7. The molecule has 0 radical (unpaired) electrons. The van der Waals surface area contributed by atoms with E-state index in [2.05, 4.69) is 5.32 Å². The molecular formula is C13H13F3N2O2. The molecule has 1 heterocycles. The number of hydrogen-bond donors (Lipinski definition) is 1. The van der Waals surface area contributed by atoms with Gasteiger partial charge in [0.05, 0.1) is 11.3 Å². The Kier molecular flexibility index (Phi) is 3.69. The van der Waals surface area contributed by atoms with E-state index >= 15 is 0 Å². The van der Waals surface area contributed by atoms with Crippen molar-refractivity contribution in [3.05, 3.63) is 29.8 Å². The average Bonchev–Trinajstić information content (AvgIpc) is 2.49. The van der Waals surface area contributed by atoms with Crippen LogP contribution < -0.4 is 10.2 Å². The molecule has 7 heteroatoms. The molecule has 20 heavy (non-hydrogen) atoms. The third-order valence-electron chi connectivity index (χ3n) is 3.15. The summed E-state index contributed by atoms with van der Waals surface area (Å²) >= 11 is 0. The molecule has 0 aliphatic carbocycles. The molecule has 3 amide bonds. The highest BCUT2D eigenvalue weighted by molar-refractivity contribution is 6.15. The van der Waals surface area contributed by atoms with Crippen LogP contribution in [0.5, 0.6) is 0 Å². The Morgan fingerprint density at radius 1 is 1.20 bits per heavy atom. The zero-order chi connectivity index (χ0) is 14.9. The number of carbonyl (C=O) groups excluding carboxylic acids is 2. The van der Waals surface area contributed by atoms with Crippen LogP contribution in [0, 0.1) is 5.92 Å². The van der Waals surface area contributed by atoms with E-state index in [4.69, 9.17) is 0 Å². The van der Waals surface area contributed by atoms with Crippen LogP contribution in [-0.4, -0.2) is 18.5 Å². The first kappa shape index (κ1) is 14.4. The van der Waals surface area contributed by atoms with Gasteiger partial charge in [-0.1, -0.05) is 6.92 Å². The number of nitrogens with one attached hydrogen (secondary N) is 1. The van der Waals surface area contributed by atoms with E-state index < -0.39 is 23.7 Å². The Hall–Kier alpha value is -2.05. The normalized spacial score (nSPS) is 20.6. The molecule has 108 valence electrons. The average molecular weight is 286 g/mol. The van der Waals surface area contributed by atoms with E-state index in [9.17, 15) is 22.8 Å². The Bertz CT molecular complexity index is 525. The van der Waals surface area contributed by atoms with Gasteiger partial charge in [-0.25, -0.2) is 9.69 Å². The van der Waals surface area contributed by atoms with E-state index in [1.54, 1.807) is 6.92 Å². The molecule has 2 rings (SSSR count). The Balaban J connectivity index is 2.33. The molecule has 1 fully saturated rings. The van der Waals surface area contributed by atoms with Crippen LogP contribution in [0.3, 0.4) is 0 Å². The molecule has 4 nitrogen and oxygen atoms in total. The lowest BCUT2D eigenvalue weighted by Crippen LogP contribution is -2.42. The van der Waals surface area contributed by atoms with Crippen molar-refractivity contribution in [3.8, 4) is 0 Å². The molecule has 0 aromatic heterocycles. The maximum absolute atomic E-state index is 12.5. The fourth-order valence-electron chi connectivity index (χ4n) is 1.96. The lowest BCUT2D eigenvalue weighted by atomic mass is 10.1. The maximum atomic E-state index is 12.5. The lowest BCUT2D eigenvalue weighted by Gasteiger charge is -2.21. The van der Waals surface area contributed by atoms with Crippen LogP contribution >= 0.6 is 0 Å². The molecule has 1 atom stereocenters. The standard InChI is InChI=1S/C13H13F3N2O2/c1-8-6-7-17-12(20)18(11(8)19)10-4-2-9(3-5-10)13(14,15)16/h2-5,8H,6-7H2,1H3,(H,17,20). The first-order chi connectivity index (χ1) is 9.30. The minimum absolute atomic E-state index is 0.134. The van der Waals surface area contributed by atoms with E-state index in [0.717, 1.165) is 29.2 Å². The van der Waals surface area contributed by atoms with Gasteiger partial charge in [0, 0.05) is 12.5 Å². The summed E-state index contributed by atoms with van der Waals surface area (Å²) in [6.45, 7) is 2.04. The van der Waals surface area contributed by atoms with Crippen LogP contribution in [0.2, 0.25) is 0 Å². The summed E-state index contributed by atoms with van der Waals surface area (Å²) < 4.78 is 37.4. The molecule has 0 spiro atoms. The molecule has 0 bridgehead atoms. The summed E-state index contributed by atoms with van der Waals surface area (Å²) in [5.74, 6) is -0.781. The highest BCUT2D eigenvalue weighted by atomic mass is 19.4. The molecule has 1 N–H and O–H groups in total.